The molecule has 5 rings (SSSR count). The maximum atomic E-state index is 14.3. The molecule has 3 aromatic rings. The van der Waals surface area contributed by atoms with Crippen molar-refractivity contribution in [2.75, 3.05) is 20.1 Å². The number of carbonyl (C=O) groups is 1. The largest absolute Gasteiger partial charge is 0.486 e. The van der Waals surface area contributed by atoms with Gasteiger partial charge in [-0.05, 0) is 29.8 Å². The van der Waals surface area contributed by atoms with Crippen LogP contribution in [0.5, 0.6) is 5.75 Å². The molecule has 3 heterocycles. The number of fused-ring (bicyclic) bond motifs is 2. The smallest absolute Gasteiger partial charge is 0.257 e. The van der Waals surface area contributed by atoms with Crippen molar-refractivity contribution in [1.29, 1.82) is 0 Å². The van der Waals surface area contributed by atoms with Crippen LogP contribution in [0.3, 0.4) is 0 Å². The summed E-state index contributed by atoms with van der Waals surface area (Å²) in [7, 11) is 3.74. The topological polar surface area (TPSA) is 50.6 Å². The number of hydrogen-bond acceptors (Lipinski definition) is 4. The van der Waals surface area contributed by atoms with Gasteiger partial charge in [0.15, 0.2) is 0 Å². The molecule has 0 aliphatic carbocycles. The number of nitrogens with zero attached hydrogens (tertiary/aromatic N) is 4. The van der Waals surface area contributed by atoms with E-state index in [1.807, 2.05) is 17.8 Å². The van der Waals surface area contributed by atoms with E-state index in [4.69, 9.17) is 4.74 Å². The minimum atomic E-state index is -0.656. The molecule has 1 saturated heterocycles. The lowest BCUT2D eigenvalue weighted by molar-refractivity contribution is 0.0682. The second-order valence-corrected chi connectivity index (χ2v) is 8.12. The molecule has 0 saturated carbocycles. The quantitative estimate of drug-likeness (QED) is 0.649. The van der Waals surface area contributed by atoms with Crippen molar-refractivity contribution >= 4 is 5.91 Å². The number of hydrogen-bond donors (Lipinski definition) is 0. The third kappa shape index (κ3) is 3.46. The second kappa shape index (κ2) is 7.46. The third-order valence-corrected chi connectivity index (χ3v) is 6.15. The molecule has 0 spiro atoms. The number of imidazole rings is 1. The van der Waals surface area contributed by atoms with Gasteiger partial charge in [0.1, 0.15) is 29.3 Å². The minimum absolute atomic E-state index is 0.105. The van der Waals surface area contributed by atoms with E-state index in [9.17, 15) is 13.6 Å². The van der Waals surface area contributed by atoms with Crippen LogP contribution in [0.15, 0.2) is 48.8 Å². The lowest BCUT2D eigenvalue weighted by Gasteiger charge is -2.25. The number of carbonyl (C=O) groups excluding carboxylic acids is 1. The third-order valence-electron chi connectivity index (χ3n) is 6.15. The number of aryl methyl sites for hydroxylation is 1. The van der Waals surface area contributed by atoms with E-state index in [2.05, 4.69) is 9.88 Å². The van der Waals surface area contributed by atoms with Gasteiger partial charge in [-0.25, -0.2) is 13.8 Å². The second-order valence-electron chi connectivity index (χ2n) is 8.12. The van der Waals surface area contributed by atoms with E-state index in [1.165, 1.54) is 12.1 Å². The Morgan fingerprint density at radius 1 is 1.10 bits per heavy atom. The SMILES string of the molecule is CN1C(=O)c2ccc(-c3ccc(F)cc3F)cc2OC2CN(Cc3nccn3C)CC21. The van der Waals surface area contributed by atoms with E-state index in [0.29, 0.717) is 36.5 Å². The zero-order chi connectivity index (χ0) is 21.7. The fraction of sp³-hybridized carbons (Fsp3) is 0.304. The molecule has 2 unspecified atom stereocenters. The minimum Gasteiger partial charge on any atom is -0.486 e. The van der Waals surface area contributed by atoms with E-state index in [-0.39, 0.29) is 23.6 Å². The Balaban J connectivity index is 1.45. The van der Waals surface area contributed by atoms with Gasteiger partial charge >= 0.3 is 0 Å². The first kappa shape index (κ1) is 19.7. The van der Waals surface area contributed by atoms with Crippen molar-refractivity contribution in [2.45, 2.75) is 18.7 Å². The molecule has 0 N–H and O–H groups in total. The predicted molar refractivity (Wildman–Crippen MR) is 111 cm³/mol. The molecule has 0 bridgehead atoms. The van der Waals surface area contributed by atoms with Gasteiger partial charge in [0.2, 0.25) is 0 Å². The van der Waals surface area contributed by atoms with Crippen LogP contribution >= 0.6 is 0 Å². The van der Waals surface area contributed by atoms with Crippen LogP contribution in [0.1, 0.15) is 16.2 Å². The number of likely N-dealkylation sites (tertiary alicyclic amines) is 1. The number of ether oxygens (including phenoxy) is 1. The number of halogens is 2. The summed E-state index contributed by atoms with van der Waals surface area (Å²) < 4.78 is 35.9. The molecule has 1 fully saturated rings. The van der Waals surface area contributed by atoms with Crippen molar-refractivity contribution in [1.82, 2.24) is 19.4 Å². The van der Waals surface area contributed by atoms with E-state index >= 15 is 0 Å². The predicted octanol–water partition coefficient (Wildman–Crippen LogP) is 3.08. The molecule has 1 aromatic heterocycles. The highest BCUT2D eigenvalue weighted by atomic mass is 19.1. The molecule has 1 amide bonds. The average molecular weight is 424 g/mol. The number of aromatic nitrogens is 2. The van der Waals surface area contributed by atoms with Gasteiger partial charge in [-0.1, -0.05) is 6.07 Å². The summed E-state index contributed by atoms with van der Waals surface area (Å²) in [6.07, 6.45) is 3.45. The average Bonchev–Trinajstić information content (AvgIpc) is 3.31. The van der Waals surface area contributed by atoms with Crippen molar-refractivity contribution in [3.8, 4) is 16.9 Å². The van der Waals surface area contributed by atoms with Gasteiger partial charge in [0, 0.05) is 51.2 Å². The normalized spacial score (nSPS) is 20.9. The van der Waals surface area contributed by atoms with E-state index in [0.717, 1.165) is 11.9 Å². The summed E-state index contributed by atoms with van der Waals surface area (Å²) in [5.74, 6) is -0.0561. The Morgan fingerprint density at radius 3 is 2.65 bits per heavy atom. The maximum Gasteiger partial charge on any atom is 0.257 e. The van der Waals surface area contributed by atoms with Gasteiger partial charge in [0.05, 0.1) is 18.2 Å². The first-order chi connectivity index (χ1) is 14.9. The monoisotopic (exact) mass is 424 g/mol. The van der Waals surface area contributed by atoms with Gasteiger partial charge in [0.25, 0.3) is 5.91 Å². The summed E-state index contributed by atoms with van der Waals surface area (Å²) in [4.78, 5) is 21.4. The van der Waals surface area contributed by atoms with E-state index < -0.39 is 11.6 Å². The molecule has 2 atom stereocenters. The van der Waals surface area contributed by atoms with Crippen molar-refractivity contribution in [3.05, 3.63) is 71.8 Å². The number of rotatable bonds is 3. The van der Waals surface area contributed by atoms with E-state index in [1.54, 1.807) is 36.3 Å². The highest BCUT2D eigenvalue weighted by molar-refractivity contribution is 5.98. The standard InChI is InChI=1S/C23H22F2N4O2/c1-27-8-7-26-22(27)13-29-11-19-21(12-29)31-20-9-14(3-5-17(20)23(30)28(19)2)16-6-4-15(24)10-18(16)25/h3-10,19,21H,11-13H2,1-2H3. The molecular weight excluding hydrogens is 402 g/mol. The van der Waals surface area contributed by atoms with Gasteiger partial charge in [-0.2, -0.15) is 0 Å². The molecule has 2 aromatic carbocycles. The molecular formula is C23H22F2N4O2. The maximum absolute atomic E-state index is 14.3. The first-order valence-corrected chi connectivity index (χ1v) is 10.1. The molecule has 6 nitrogen and oxygen atoms in total. The van der Waals surface area contributed by atoms with Crippen molar-refractivity contribution in [2.24, 2.45) is 7.05 Å². The molecule has 2 aliphatic rings. The zero-order valence-electron chi connectivity index (χ0n) is 17.3. The summed E-state index contributed by atoms with van der Waals surface area (Å²) >= 11 is 0. The Morgan fingerprint density at radius 2 is 1.90 bits per heavy atom. The number of benzene rings is 2. The van der Waals surface area contributed by atoms with Gasteiger partial charge in [-0.3, -0.25) is 9.69 Å². The van der Waals surface area contributed by atoms with Crippen LogP contribution in [0.25, 0.3) is 11.1 Å². The van der Waals surface area contributed by atoms with Crippen molar-refractivity contribution in [3.63, 3.8) is 0 Å². The van der Waals surface area contributed by atoms with Crippen molar-refractivity contribution < 1.29 is 18.3 Å². The van der Waals surface area contributed by atoms with Crippen LogP contribution in [-0.2, 0) is 13.6 Å². The summed E-state index contributed by atoms with van der Waals surface area (Å²) in [5.41, 5.74) is 1.24. The zero-order valence-corrected chi connectivity index (χ0v) is 17.3. The molecule has 160 valence electrons. The molecule has 2 aliphatic heterocycles. The highest BCUT2D eigenvalue weighted by Gasteiger charge is 2.42. The Kier molecular flexibility index (Phi) is 4.74. The first-order valence-electron chi connectivity index (χ1n) is 10.1. The summed E-state index contributed by atoms with van der Waals surface area (Å²) in [6, 6.07) is 8.34. The Hall–Kier alpha value is -3.26. The molecule has 0 radical (unpaired) electrons. The summed E-state index contributed by atoms with van der Waals surface area (Å²) in [6.45, 7) is 1.98. The van der Waals surface area contributed by atoms with Crippen LogP contribution in [0.2, 0.25) is 0 Å². The molecule has 8 heteroatoms. The van der Waals surface area contributed by atoms with Crippen LogP contribution in [0, 0.1) is 11.6 Å². The van der Waals surface area contributed by atoms with Crippen LogP contribution < -0.4 is 4.74 Å². The fourth-order valence-electron chi connectivity index (χ4n) is 4.39. The highest BCUT2D eigenvalue weighted by Crippen LogP contribution is 2.35. The number of amides is 1. The van der Waals surface area contributed by atoms with Gasteiger partial charge < -0.3 is 14.2 Å². The Bertz CT molecular complexity index is 1160. The summed E-state index contributed by atoms with van der Waals surface area (Å²) in [5, 5.41) is 0. The number of likely N-dealkylation sites (N-methyl/N-ethyl adjacent to an activating group) is 1. The van der Waals surface area contributed by atoms with Gasteiger partial charge in [-0.15, -0.1) is 0 Å². The lowest BCUT2D eigenvalue weighted by Crippen LogP contribution is -2.44. The van der Waals surface area contributed by atoms with Crippen LogP contribution in [-0.4, -0.2) is 57.5 Å². The van der Waals surface area contributed by atoms with Crippen LogP contribution in [0.4, 0.5) is 8.78 Å². The lowest BCUT2D eigenvalue weighted by atomic mass is 10.0. The fourth-order valence-corrected chi connectivity index (χ4v) is 4.39. The molecule has 31 heavy (non-hydrogen) atoms. The Labute approximate surface area is 178 Å².